The lowest BCUT2D eigenvalue weighted by Gasteiger charge is -2.31. The smallest absolute Gasteiger partial charge is 0.165 e. The number of hydrogen-bond acceptors (Lipinski definition) is 3. The lowest BCUT2D eigenvalue weighted by atomic mass is 9.70. The number of hydrogen-bond donors (Lipinski definition) is 0. The highest BCUT2D eigenvalue weighted by atomic mass is 16.6. The Bertz CT molecular complexity index is 532. The number of fused-ring (bicyclic) bond motifs is 1. The topological polar surface area (TPSA) is 46.7 Å². The van der Waals surface area contributed by atoms with Crippen molar-refractivity contribution in [2.45, 2.75) is 44.8 Å². The molecule has 1 aromatic rings. The highest BCUT2D eigenvalue weighted by Crippen LogP contribution is 2.54. The van der Waals surface area contributed by atoms with Gasteiger partial charge in [0, 0.05) is 18.4 Å². The molecule has 0 aromatic heterocycles. The highest BCUT2D eigenvalue weighted by molar-refractivity contribution is 5.99. The summed E-state index contributed by atoms with van der Waals surface area (Å²) >= 11 is 0. The molecule has 1 aliphatic heterocycles. The zero-order valence-electron chi connectivity index (χ0n) is 11.3. The first-order valence-corrected chi connectivity index (χ1v) is 6.71. The largest absolute Gasteiger partial charge is 0.357 e. The summed E-state index contributed by atoms with van der Waals surface area (Å²) in [6, 6.07) is 9.22. The van der Waals surface area contributed by atoms with Crippen LogP contribution in [-0.2, 0) is 9.53 Å². The van der Waals surface area contributed by atoms with Crippen LogP contribution in [0.25, 0.3) is 0 Å². The minimum atomic E-state index is -0.522. The van der Waals surface area contributed by atoms with Crippen LogP contribution < -0.4 is 0 Å². The average Bonchev–Trinajstić information content (AvgIpc) is 3.02. The fourth-order valence-corrected chi connectivity index (χ4v) is 3.33. The van der Waals surface area contributed by atoms with Gasteiger partial charge in [-0.15, -0.1) is 0 Å². The van der Waals surface area contributed by atoms with Crippen molar-refractivity contribution in [1.82, 2.24) is 0 Å². The van der Waals surface area contributed by atoms with Gasteiger partial charge in [0.15, 0.2) is 11.6 Å². The van der Waals surface area contributed by atoms with Crippen LogP contribution in [0.2, 0.25) is 0 Å². The third kappa shape index (κ3) is 2.23. The SMILES string of the molecule is CC1(C)CC(=O)C2OC2(CC(=O)c2ccccc2)C1. The first-order valence-electron chi connectivity index (χ1n) is 6.71. The number of Topliss-reactive ketones (excluding diaryl/α,β-unsaturated/α-hetero) is 2. The highest BCUT2D eigenvalue weighted by Gasteiger charge is 2.65. The summed E-state index contributed by atoms with van der Waals surface area (Å²) < 4.78 is 5.64. The second-order valence-corrected chi connectivity index (χ2v) is 6.51. The van der Waals surface area contributed by atoms with Crippen molar-refractivity contribution in [1.29, 1.82) is 0 Å². The molecule has 3 nitrogen and oxygen atoms in total. The predicted octanol–water partition coefficient (Wildman–Crippen LogP) is 2.79. The first kappa shape index (κ1) is 12.5. The molecule has 3 rings (SSSR count). The van der Waals surface area contributed by atoms with Crippen LogP contribution in [0, 0.1) is 5.41 Å². The van der Waals surface area contributed by atoms with Crippen LogP contribution in [-0.4, -0.2) is 23.3 Å². The number of benzene rings is 1. The molecule has 0 spiro atoms. The number of ether oxygens (including phenoxy) is 1. The Hall–Kier alpha value is -1.48. The van der Waals surface area contributed by atoms with E-state index in [4.69, 9.17) is 4.74 Å². The van der Waals surface area contributed by atoms with Gasteiger partial charge in [0.25, 0.3) is 0 Å². The number of ketones is 2. The zero-order valence-corrected chi connectivity index (χ0v) is 11.3. The van der Waals surface area contributed by atoms with Gasteiger partial charge < -0.3 is 4.74 Å². The average molecular weight is 258 g/mol. The fourth-order valence-electron chi connectivity index (χ4n) is 3.33. The van der Waals surface area contributed by atoms with Crippen LogP contribution in [0.4, 0.5) is 0 Å². The van der Waals surface area contributed by atoms with E-state index in [1.807, 2.05) is 30.3 Å². The molecule has 0 bridgehead atoms. The van der Waals surface area contributed by atoms with E-state index in [1.165, 1.54) is 0 Å². The van der Waals surface area contributed by atoms with Crippen molar-refractivity contribution in [2.24, 2.45) is 5.41 Å². The van der Waals surface area contributed by atoms with Crippen molar-refractivity contribution < 1.29 is 14.3 Å². The van der Waals surface area contributed by atoms with E-state index in [0.717, 1.165) is 6.42 Å². The van der Waals surface area contributed by atoms with Crippen LogP contribution in [0.3, 0.4) is 0 Å². The van der Waals surface area contributed by atoms with Gasteiger partial charge in [-0.25, -0.2) is 0 Å². The summed E-state index contributed by atoms with van der Waals surface area (Å²) in [5.41, 5.74) is 0.106. The maximum Gasteiger partial charge on any atom is 0.165 e. The Labute approximate surface area is 113 Å². The number of rotatable bonds is 3. The third-order valence-electron chi connectivity index (χ3n) is 4.05. The van der Waals surface area contributed by atoms with Crippen molar-refractivity contribution in [2.75, 3.05) is 0 Å². The Morgan fingerprint density at radius 1 is 1.32 bits per heavy atom. The predicted molar refractivity (Wildman–Crippen MR) is 71.0 cm³/mol. The molecule has 2 fully saturated rings. The standard InChI is InChI=1S/C16H18O3/c1-15(2)8-13(18)14-16(10-15,19-14)9-12(17)11-6-4-3-5-7-11/h3-7,14H,8-10H2,1-2H3. The van der Waals surface area contributed by atoms with Crippen molar-refractivity contribution >= 4 is 11.6 Å². The molecule has 1 heterocycles. The third-order valence-corrected chi connectivity index (χ3v) is 4.05. The molecule has 3 heteroatoms. The van der Waals surface area contributed by atoms with Crippen molar-refractivity contribution in [3.05, 3.63) is 35.9 Å². The summed E-state index contributed by atoms with van der Waals surface area (Å²) in [5.74, 6) is 0.214. The molecule has 0 N–H and O–H groups in total. The Morgan fingerprint density at radius 3 is 2.68 bits per heavy atom. The quantitative estimate of drug-likeness (QED) is 0.618. The van der Waals surface area contributed by atoms with Gasteiger partial charge in [0.05, 0.1) is 0 Å². The lowest BCUT2D eigenvalue weighted by molar-refractivity contribution is -0.123. The summed E-state index contributed by atoms with van der Waals surface area (Å²) in [6.45, 7) is 4.13. The molecule has 2 aliphatic rings. The molecule has 1 saturated carbocycles. The molecule has 1 saturated heterocycles. The molecule has 0 radical (unpaired) electrons. The van der Waals surface area contributed by atoms with Crippen LogP contribution >= 0.6 is 0 Å². The van der Waals surface area contributed by atoms with E-state index in [0.29, 0.717) is 18.4 Å². The van der Waals surface area contributed by atoms with E-state index >= 15 is 0 Å². The first-order chi connectivity index (χ1) is 8.92. The molecule has 19 heavy (non-hydrogen) atoms. The van der Waals surface area contributed by atoms with Gasteiger partial charge in [-0.05, 0) is 11.8 Å². The number of epoxide rings is 1. The summed E-state index contributed by atoms with van der Waals surface area (Å²) in [4.78, 5) is 24.2. The minimum Gasteiger partial charge on any atom is -0.357 e. The Kier molecular flexibility index (Phi) is 2.65. The van der Waals surface area contributed by atoms with E-state index in [2.05, 4.69) is 13.8 Å². The van der Waals surface area contributed by atoms with Gasteiger partial charge in [0.2, 0.25) is 0 Å². The van der Waals surface area contributed by atoms with Crippen molar-refractivity contribution in [3.63, 3.8) is 0 Å². The molecule has 1 aromatic carbocycles. The Balaban J connectivity index is 1.77. The lowest BCUT2D eigenvalue weighted by Crippen LogP contribution is -2.37. The molecule has 2 unspecified atom stereocenters. The molecular weight excluding hydrogens is 240 g/mol. The summed E-state index contributed by atoms with van der Waals surface area (Å²) in [7, 11) is 0. The van der Waals surface area contributed by atoms with Gasteiger partial charge in [-0.2, -0.15) is 0 Å². The molecule has 100 valence electrons. The summed E-state index contributed by atoms with van der Waals surface area (Å²) in [5, 5.41) is 0. The molecule has 1 aliphatic carbocycles. The molecule has 2 atom stereocenters. The number of carbonyl (C=O) groups is 2. The van der Waals surface area contributed by atoms with Gasteiger partial charge >= 0.3 is 0 Å². The zero-order chi connectivity index (χ0) is 13.7. The van der Waals surface area contributed by atoms with Crippen LogP contribution in [0.1, 0.15) is 43.5 Å². The van der Waals surface area contributed by atoms with E-state index in [9.17, 15) is 9.59 Å². The normalized spacial score (nSPS) is 31.7. The Morgan fingerprint density at radius 2 is 2.00 bits per heavy atom. The molecule has 0 amide bonds. The second-order valence-electron chi connectivity index (χ2n) is 6.51. The van der Waals surface area contributed by atoms with Gasteiger partial charge in [-0.1, -0.05) is 44.2 Å². The maximum atomic E-state index is 12.3. The van der Waals surface area contributed by atoms with E-state index in [-0.39, 0.29) is 23.1 Å². The van der Waals surface area contributed by atoms with Crippen LogP contribution in [0.15, 0.2) is 30.3 Å². The number of carbonyl (C=O) groups excluding carboxylic acids is 2. The van der Waals surface area contributed by atoms with Crippen molar-refractivity contribution in [3.8, 4) is 0 Å². The van der Waals surface area contributed by atoms with Crippen LogP contribution in [0.5, 0.6) is 0 Å². The molecular formula is C16H18O3. The van der Waals surface area contributed by atoms with E-state index < -0.39 is 5.60 Å². The fraction of sp³-hybridized carbons (Fsp3) is 0.500. The maximum absolute atomic E-state index is 12.3. The minimum absolute atomic E-state index is 0.0635. The van der Waals surface area contributed by atoms with Gasteiger partial charge in [0.1, 0.15) is 11.7 Å². The second kappa shape index (κ2) is 4.01. The monoisotopic (exact) mass is 258 g/mol. The van der Waals surface area contributed by atoms with Gasteiger partial charge in [-0.3, -0.25) is 9.59 Å². The summed E-state index contributed by atoms with van der Waals surface area (Å²) in [6.07, 6.45) is 1.32. The van der Waals surface area contributed by atoms with E-state index in [1.54, 1.807) is 0 Å².